The normalized spacial score (nSPS) is 20.9. The highest BCUT2D eigenvalue weighted by Gasteiger charge is 2.33. The number of nitrogens with zero attached hydrogens (tertiary/aromatic N) is 3. The Labute approximate surface area is 111 Å². The molecule has 17 heavy (non-hydrogen) atoms. The van der Waals surface area contributed by atoms with Gasteiger partial charge in [0.25, 0.3) is 0 Å². The van der Waals surface area contributed by atoms with Crippen molar-refractivity contribution in [1.29, 1.82) is 0 Å². The van der Waals surface area contributed by atoms with Crippen molar-refractivity contribution in [2.45, 2.75) is 27.2 Å². The summed E-state index contributed by atoms with van der Waals surface area (Å²) in [5.74, 6) is 1.96. The first-order valence-electron chi connectivity index (χ1n) is 5.91. The van der Waals surface area contributed by atoms with E-state index in [1.54, 1.807) is 6.20 Å². The highest BCUT2D eigenvalue weighted by atomic mass is 79.9. The van der Waals surface area contributed by atoms with Crippen molar-refractivity contribution < 1.29 is 0 Å². The molecular weight excluding hydrogens is 280 g/mol. The fourth-order valence-electron chi connectivity index (χ4n) is 2.25. The molecule has 5 heteroatoms. The summed E-state index contributed by atoms with van der Waals surface area (Å²) in [6.45, 7) is 8.97. The Morgan fingerprint density at radius 2 is 2.18 bits per heavy atom. The van der Waals surface area contributed by atoms with Crippen LogP contribution in [0.1, 0.15) is 27.2 Å². The van der Waals surface area contributed by atoms with E-state index in [9.17, 15) is 0 Å². The molecule has 1 aliphatic heterocycles. The zero-order chi connectivity index (χ0) is 12.6. The fraction of sp³-hybridized carbons (Fsp3) is 0.667. The summed E-state index contributed by atoms with van der Waals surface area (Å²) in [7, 11) is 0. The van der Waals surface area contributed by atoms with Gasteiger partial charge in [0.1, 0.15) is 5.82 Å². The van der Waals surface area contributed by atoms with E-state index in [-0.39, 0.29) is 0 Å². The van der Waals surface area contributed by atoms with E-state index in [2.05, 4.69) is 51.6 Å². The molecule has 0 amide bonds. The lowest BCUT2D eigenvalue weighted by atomic mass is 9.80. The highest BCUT2D eigenvalue weighted by molar-refractivity contribution is 9.10. The van der Waals surface area contributed by atoms with E-state index in [4.69, 9.17) is 5.73 Å². The van der Waals surface area contributed by atoms with Gasteiger partial charge >= 0.3 is 0 Å². The Kier molecular flexibility index (Phi) is 3.30. The summed E-state index contributed by atoms with van der Waals surface area (Å²) in [6, 6.07) is 0. The number of rotatable bonds is 1. The third-order valence-corrected chi connectivity index (χ3v) is 4.02. The Morgan fingerprint density at radius 1 is 1.47 bits per heavy atom. The standard InChI is InChI=1S/C12H19BrN4/c1-12(2,3)8-4-5-17(7-8)10-9(13)6-15-11(14)16-10/h6,8H,4-5,7H2,1-3H3,(H2,14,15,16). The van der Waals surface area contributed by atoms with Gasteiger partial charge in [-0.15, -0.1) is 0 Å². The minimum Gasteiger partial charge on any atom is -0.368 e. The molecule has 0 bridgehead atoms. The predicted molar refractivity (Wildman–Crippen MR) is 73.9 cm³/mol. The molecule has 1 aromatic rings. The van der Waals surface area contributed by atoms with E-state index < -0.39 is 0 Å². The van der Waals surface area contributed by atoms with Crippen LogP contribution in [0.2, 0.25) is 0 Å². The number of halogens is 1. The molecule has 1 unspecified atom stereocenters. The maximum atomic E-state index is 5.65. The molecule has 0 radical (unpaired) electrons. The van der Waals surface area contributed by atoms with Crippen LogP contribution in [0.15, 0.2) is 10.7 Å². The third kappa shape index (κ3) is 2.70. The van der Waals surface area contributed by atoms with E-state index >= 15 is 0 Å². The van der Waals surface area contributed by atoms with Gasteiger partial charge in [-0.25, -0.2) is 4.98 Å². The molecule has 0 aliphatic carbocycles. The predicted octanol–water partition coefficient (Wildman–Crippen LogP) is 2.69. The molecule has 0 spiro atoms. The number of hydrogen-bond acceptors (Lipinski definition) is 4. The quantitative estimate of drug-likeness (QED) is 0.866. The number of nitrogen functional groups attached to an aromatic ring is 1. The van der Waals surface area contributed by atoms with Gasteiger partial charge in [-0.1, -0.05) is 20.8 Å². The zero-order valence-corrected chi connectivity index (χ0v) is 12.2. The van der Waals surface area contributed by atoms with E-state index in [0.717, 1.165) is 23.4 Å². The Morgan fingerprint density at radius 3 is 2.76 bits per heavy atom. The van der Waals surface area contributed by atoms with Crippen LogP contribution in [-0.4, -0.2) is 23.1 Å². The van der Waals surface area contributed by atoms with Gasteiger partial charge in [0.15, 0.2) is 0 Å². The van der Waals surface area contributed by atoms with Crippen LogP contribution in [0.5, 0.6) is 0 Å². The molecular formula is C12H19BrN4. The molecule has 0 aromatic carbocycles. The van der Waals surface area contributed by atoms with Crippen LogP contribution < -0.4 is 10.6 Å². The summed E-state index contributed by atoms with van der Waals surface area (Å²) in [6.07, 6.45) is 2.93. The molecule has 2 rings (SSSR count). The Hall–Kier alpha value is -0.840. The molecule has 2 heterocycles. The van der Waals surface area contributed by atoms with E-state index in [1.807, 2.05) is 0 Å². The molecule has 0 saturated carbocycles. The molecule has 1 atom stereocenters. The lowest BCUT2D eigenvalue weighted by Crippen LogP contribution is -2.26. The highest BCUT2D eigenvalue weighted by Crippen LogP contribution is 2.36. The second-order valence-corrected chi connectivity index (χ2v) is 6.55. The summed E-state index contributed by atoms with van der Waals surface area (Å²) >= 11 is 3.49. The smallest absolute Gasteiger partial charge is 0.222 e. The largest absolute Gasteiger partial charge is 0.368 e. The minimum absolute atomic E-state index is 0.336. The van der Waals surface area contributed by atoms with Gasteiger partial charge in [0.05, 0.1) is 4.47 Å². The van der Waals surface area contributed by atoms with Crippen molar-refractivity contribution in [2.75, 3.05) is 23.7 Å². The second kappa shape index (κ2) is 4.44. The first kappa shape index (κ1) is 12.6. The van der Waals surface area contributed by atoms with Crippen LogP contribution in [0, 0.1) is 11.3 Å². The average Bonchev–Trinajstić information content (AvgIpc) is 2.70. The van der Waals surface area contributed by atoms with Gasteiger partial charge in [-0.2, -0.15) is 4.98 Å². The monoisotopic (exact) mass is 298 g/mol. The summed E-state index contributed by atoms with van der Waals surface area (Å²) in [4.78, 5) is 10.6. The van der Waals surface area contributed by atoms with Crippen LogP contribution in [0.4, 0.5) is 11.8 Å². The van der Waals surface area contributed by atoms with Crippen LogP contribution in [-0.2, 0) is 0 Å². The number of nitrogens with two attached hydrogens (primary N) is 1. The van der Waals surface area contributed by atoms with Crippen LogP contribution in [0.25, 0.3) is 0 Å². The number of hydrogen-bond donors (Lipinski definition) is 1. The molecule has 1 aliphatic rings. The summed E-state index contributed by atoms with van der Waals surface area (Å²) in [5, 5.41) is 0. The molecule has 1 fully saturated rings. The third-order valence-electron chi connectivity index (χ3n) is 3.46. The van der Waals surface area contributed by atoms with Gasteiger partial charge < -0.3 is 10.6 Å². The van der Waals surface area contributed by atoms with Gasteiger partial charge in [0.2, 0.25) is 5.95 Å². The SMILES string of the molecule is CC(C)(C)C1CCN(c2nc(N)ncc2Br)C1. The van der Waals surface area contributed by atoms with Crippen molar-refractivity contribution in [3.8, 4) is 0 Å². The Balaban J connectivity index is 2.18. The summed E-state index contributed by atoms with van der Waals surface area (Å²) in [5.41, 5.74) is 5.99. The van der Waals surface area contributed by atoms with Crippen molar-refractivity contribution >= 4 is 27.7 Å². The zero-order valence-electron chi connectivity index (χ0n) is 10.6. The molecule has 1 aromatic heterocycles. The topological polar surface area (TPSA) is 55.0 Å². The average molecular weight is 299 g/mol. The molecule has 4 nitrogen and oxygen atoms in total. The van der Waals surface area contributed by atoms with Gasteiger partial charge in [-0.05, 0) is 33.7 Å². The fourth-order valence-corrected chi connectivity index (χ4v) is 2.69. The Bertz CT molecular complexity index is 413. The molecule has 2 N–H and O–H groups in total. The van der Waals surface area contributed by atoms with Gasteiger partial charge in [0, 0.05) is 19.3 Å². The van der Waals surface area contributed by atoms with Crippen LogP contribution in [0.3, 0.4) is 0 Å². The minimum atomic E-state index is 0.336. The first-order valence-corrected chi connectivity index (χ1v) is 6.70. The maximum Gasteiger partial charge on any atom is 0.222 e. The van der Waals surface area contributed by atoms with E-state index in [1.165, 1.54) is 6.42 Å². The molecule has 94 valence electrons. The van der Waals surface area contributed by atoms with Crippen LogP contribution >= 0.6 is 15.9 Å². The van der Waals surface area contributed by atoms with Crippen molar-refractivity contribution in [1.82, 2.24) is 9.97 Å². The van der Waals surface area contributed by atoms with Crippen molar-refractivity contribution in [3.05, 3.63) is 10.7 Å². The summed E-state index contributed by atoms with van der Waals surface area (Å²) < 4.78 is 0.918. The van der Waals surface area contributed by atoms with Gasteiger partial charge in [-0.3, -0.25) is 0 Å². The second-order valence-electron chi connectivity index (χ2n) is 5.70. The number of aromatic nitrogens is 2. The molecule has 1 saturated heterocycles. The van der Waals surface area contributed by atoms with Crippen molar-refractivity contribution in [3.63, 3.8) is 0 Å². The van der Waals surface area contributed by atoms with Crippen molar-refractivity contribution in [2.24, 2.45) is 11.3 Å². The maximum absolute atomic E-state index is 5.65. The number of anilines is 2. The lowest BCUT2D eigenvalue weighted by Gasteiger charge is -2.27. The first-order chi connectivity index (χ1) is 7.88. The lowest BCUT2D eigenvalue weighted by molar-refractivity contribution is 0.263. The van der Waals surface area contributed by atoms with E-state index in [0.29, 0.717) is 17.3 Å².